The van der Waals surface area contributed by atoms with E-state index in [4.69, 9.17) is 0 Å². The van der Waals surface area contributed by atoms with Crippen molar-refractivity contribution >= 4 is 105 Å². The van der Waals surface area contributed by atoms with Crippen LogP contribution in [0.5, 0.6) is 0 Å². The zero-order valence-corrected chi connectivity index (χ0v) is 20.6. The summed E-state index contributed by atoms with van der Waals surface area (Å²) in [6.45, 7) is -0.907. The fourth-order valence-corrected chi connectivity index (χ4v) is 93.8. The molecule has 0 bridgehead atoms. The molecule has 0 amide bonds. The molecule has 0 rings (SSSR count). The molecule has 14 heavy (non-hydrogen) atoms. The minimum atomic E-state index is -0.770. The molecule has 0 saturated carbocycles. The smallest absolute Gasteiger partial charge is 0.0916 e. The van der Waals surface area contributed by atoms with E-state index in [-0.39, 0.29) is 34.9 Å². The summed E-state index contributed by atoms with van der Waals surface area (Å²) in [6, 6.07) is 0. The molecule has 0 aromatic heterocycles. The average molecular weight is 434 g/mol. The lowest BCUT2D eigenvalue weighted by Gasteiger charge is -2.33. The molecule has 86 valence electrons. The van der Waals surface area contributed by atoms with Crippen molar-refractivity contribution in [2.24, 2.45) is 0 Å². The Kier molecular flexibility index (Phi) is 14.4. The van der Waals surface area contributed by atoms with Crippen LogP contribution in [-0.4, -0.2) is 4.89 Å². The standard InChI is InChI=1S/H15OP13/c1-9(13(8)10(2)3)14(11(4)5)12(6)7/h1H,2-8H2. The molecule has 0 aliphatic carbocycles. The van der Waals surface area contributed by atoms with E-state index < -0.39 is 7.53 Å². The van der Waals surface area contributed by atoms with Crippen molar-refractivity contribution in [2.75, 3.05) is 0 Å². The first-order valence-corrected chi connectivity index (χ1v) is 25.9. The van der Waals surface area contributed by atoms with Gasteiger partial charge in [0.2, 0.25) is 0 Å². The molecular formula is H15OP13. The zero-order chi connectivity index (χ0) is 11.5. The fourth-order valence-electron chi connectivity index (χ4n) is 0.478. The third-order valence-corrected chi connectivity index (χ3v) is 71.2. The third kappa shape index (κ3) is 7.36. The maximum absolute atomic E-state index is 10.4. The summed E-state index contributed by atoms with van der Waals surface area (Å²) < 4.78 is 0. The van der Waals surface area contributed by atoms with E-state index in [1.54, 1.807) is 0 Å². The molecule has 9 unspecified atom stereocenters. The van der Waals surface area contributed by atoms with Gasteiger partial charge in [0.05, 0.1) is 7.53 Å². The molecule has 0 saturated heterocycles. The van der Waals surface area contributed by atoms with Gasteiger partial charge in [-0.2, -0.15) is 0 Å². The second-order valence-corrected chi connectivity index (χ2v) is 50.7. The van der Waals surface area contributed by atoms with Crippen LogP contribution in [0.3, 0.4) is 0 Å². The number of hydrogen-bond donors (Lipinski definition) is 1. The Morgan fingerprint density at radius 3 is 1.21 bits per heavy atom. The van der Waals surface area contributed by atoms with E-state index in [9.17, 15) is 4.89 Å². The Balaban J connectivity index is 4.51. The van der Waals surface area contributed by atoms with E-state index in [1.807, 2.05) is 0 Å². The quantitative estimate of drug-likeness (QED) is 0.468. The summed E-state index contributed by atoms with van der Waals surface area (Å²) in [5.74, 6) is 0. The Hall–Kier alpha value is 5.55. The van der Waals surface area contributed by atoms with E-state index >= 15 is 0 Å². The van der Waals surface area contributed by atoms with Gasteiger partial charge in [0.25, 0.3) is 0 Å². The molecule has 0 radical (unpaired) electrons. The molecule has 9 atom stereocenters. The van der Waals surface area contributed by atoms with E-state index in [0.717, 1.165) is 0 Å². The van der Waals surface area contributed by atoms with Crippen molar-refractivity contribution in [1.82, 2.24) is 0 Å². The second-order valence-electron chi connectivity index (χ2n) is 2.00. The lowest BCUT2D eigenvalue weighted by Crippen LogP contribution is -1.55. The van der Waals surface area contributed by atoms with Crippen molar-refractivity contribution in [1.29, 1.82) is 0 Å². The topological polar surface area (TPSA) is 20.2 Å². The van der Waals surface area contributed by atoms with Crippen molar-refractivity contribution in [3.63, 3.8) is 0 Å². The summed E-state index contributed by atoms with van der Waals surface area (Å²) in [7, 11) is 19.3. The maximum atomic E-state index is 10.4. The zero-order valence-electron chi connectivity index (χ0n) is 7.17. The van der Waals surface area contributed by atoms with Gasteiger partial charge in [0.15, 0.2) is 0 Å². The van der Waals surface area contributed by atoms with Crippen LogP contribution in [0.1, 0.15) is 0 Å². The minimum Gasteiger partial charge on any atom is -0.363 e. The fraction of sp³-hybridized carbons (Fsp3) is 0. The average Bonchev–Trinajstić information content (AvgIpc) is 2.01. The second kappa shape index (κ2) is 10.3. The maximum Gasteiger partial charge on any atom is 0.0916 e. The van der Waals surface area contributed by atoms with Crippen LogP contribution >= 0.6 is 105 Å². The van der Waals surface area contributed by atoms with Gasteiger partial charge < -0.3 is 4.89 Å². The predicted octanol–water partition coefficient (Wildman–Crippen LogP) is 6.89. The SMILES string of the molecule is OP(P(P)P(P)P)P(P(P)P)P(P)P. The summed E-state index contributed by atoms with van der Waals surface area (Å²) in [5, 5.41) is 0. The van der Waals surface area contributed by atoms with E-state index in [0.29, 0.717) is 0 Å². The van der Waals surface area contributed by atoms with Crippen LogP contribution in [0.4, 0.5) is 0 Å². The number of rotatable bonds is 5. The Morgan fingerprint density at radius 2 is 1.00 bits per heavy atom. The van der Waals surface area contributed by atoms with Crippen LogP contribution in [0.25, 0.3) is 0 Å². The molecule has 0 heterocycles. The highest BCUT2D eigenvalue weighted by molar-refractivity contribution is 9.19. The summed E-state index contributed by atoms with van der Waals surface area (Å²) in [6.07, 6.45) is 0. The highest BCUT2D eigenvalue weighted by atomic mass is 33.2. The molecule has 1 N–H and O–H groups in total. The van der Waals surface area contributed by atoms with Gasteiger partial charge >= 0.3 is 0 Å². The first-order valence-electron chi connectivity index (χ1n) is 3.01. The Morgan fingerprint density at radius 1 is 0.643 bits per heavy atom. The molecule has 1 nitrogen and oxygen atoms in total. The van der Waals surface area contributed by atoms with Gasteiger partial charge in [0.1, 0.15) is 0 Å². The molecule has 0 aliphatic rings. The van der Waals surface area contributed by atoms with Crippen LogP contribution in [0.15, 0.2) is 0 Å². The highest BCUT2D eigenvalue weighted by Gasteiger charge is 2.32. The normalized spacial score (nSPS) is 17.1. The largest absolute Gasteiger partial charge is 0.363 e. The van der Waals surface area contributed by atoms with Gasteiger partial charge in [-0.05, 0) is 21.0 Å². The monoisotopic (exact) mass is 434 g/mol. The van der Waals surface area contributed by atoms with Crippen molar-refractivity contribution in [2.45, 2.75) is 0 Å². The Bertz CT molecular complexity index is 141. The molecule has 0 aromatic rings. The first-order chi connectivity index (χ1) is 6.29. The van der Waals surface area contributed by atoms with Crippen LogP contribution in [0, 0.1) is 0 Å². The Labute approximate surface area is 109 Å². The van der Waals surface area contributed by atoms with Crippen molar-refractivity contribution < 1.29 is 4.89 Å². The number of hydrogen-bond acceptors (Lipinski definition) is 1. The molecular weight excluding hydrogens is 419 g/mol. The first kappa shape index (κ1) is 19.6. The van der Waals surface area contributed by atoms with Crippen LogP contribution < -0.4 is 0 Å². The molecule has 14 heteroatoms. The highest BCUT2D eigenvalue weighted by Crippen LogP contribution is 3.16. The summed E-state index contributed by atoms with van der Waals surface area (Å²) in [5.41, 5.74) is 0. The predicted molar refractivity (Wildman–Crippen MR) is 112 cm³/mol. The van der Waals surface area contributed by atoms with Gasteiger partial charge in [-0.15, -0.1) is 53.6 Å². The molecule has 0 spiro atoms. The molecule has 0 aliphatic heterocycles. The van der Waals surface area contributed by atoms with Crippen molar-refractivity contribution in [3.05, 3.63) is 0 Å². The van der Waals surface area contributed by atoms with Crippen LogP contribution in [0.2, 0.25) is 0 Å². The van der Waals surface area contributed by atoms with Crippen molar-refractivity contribution in [3.8, 4) is 0 Å². The van der Waals surface area contributed by atoms with E-state index in [1.165, 1.54) is 0 Å². The van der Waals surface area contributed by atoms with Gasteiger partial charge in [-0.3, -0.25) is 0 Å². The van der Waals surface area contributed by atoms with Gasteiger partial charge in [-0.25, -0.2) is 0 Å². The van der Waals surface area contributed by atoms with Gasteiger partial charge in [-0.1, -0.05) is 8.93 Å². The molecule has 0 aromatic carbocycles. The minimum absolute atomic E-state index is 0.141. The molecule has 0 fully saturated rings. The van der Waals surface area contributed by atoms with E-state index in [2.05, 4.69) is 62.5 Å². The van der Waals surface area contributed by atoms with Gasteiger partial charge in [0, 0.05) is 14.0 Å². The summed E-state index contributed by atoms with van der Waals surface area (Å²) >= 11 is 0. The lowest BCUT2D eigenvalue weighted by molar-refractivity contribution is 0.655. The van der Waals surface area contributed by atoms with Crippen LogP contribution in [-0.2, 0) is 0 Å². The lowest BCUT2D eigenvalue weighted by atomic mass is 15.9. The third-order valence-electron chi connectivity index (χ3n) is 0.993. The summed E-state index contributed by atoms with van der Waals surface area (Å²) in [4.78, 5) is 10.4.